The molecule has 6 nitrogen and oxygen atoms in total. The molecule has 1 aromatic rings. The van der Waals surface area contributed by atoms with E-state index in [1.165, 1.54) is 0 Å². The Kier molecular flexibility index (Phi) is 4.69. The monoisotopic (exact) mass is 350 g/mol. The minimum atomic E-state index is -0.0624. The molecule has 3 fully saturated rings. The van der Waals surface area contributed by atoms with Crippen molar-refractivity contribution in [2.24, 2.45) is 11.3 Å². The summed E-state index contributed by atoms with van der Waals surface area (Å²) < 4.78 is 0. The number of benzene rings is 1. The Morgan fingerprint density at radius 1 is 1.17 bits per heavy atom. The van der Waals surface area contributed by atoms with Crippen LogP contribution >= 0.6 is 12.4 Å². The van der Waals surface area contributed by atoms with Crippen LogP contribution in [-0.2, 0) is 4.79 Å². The molecule has 24 heavy (non-hydrogen) atoms. The third-order valence-electron chi connectivity index (χ3n) is 5.41. The summed E-state index contributed by atoms with van der Waals surface area (Å²) in [5.74, 6) is 0.298. The Hall–Kier alpha value is -1.79. The third kappa shape index (κ3) is 3.08. The second-order valence-corrected chi connectivity index (χ2v) is 6.79. The maximum atomic E-state index is 12.4. The van der Waals surface area contributed by atoms with Crippen molar-refractivity contribution in [2.45, 2.75) is 19.3 Å². The second-order valence-electron chi connectivity index (χ2n) is 6.79. The zero-order valence-electron chi connectivity index (χ0n) is 13.5. The summed E-state index contributed by atoms with van der Waals surface area (Å²) in [5, 5.41) is 9.17. The van der Waals surface area contributed by atoms with Crippen LogP contribution in [-0.4, -0.2) is 38.1 Å². The topological polar surface area (TPSA) is 73.5 Å². The summed E-state index contributed by atoms with van der Waals surface area (Å²) in [7, 11) is 0. The van der Waals surface area contributed by atoms with Gasteiger partial charge in [0.1, 0.15) is 0 Å². The molecule has 2 aliphatic heterocycles. The highest BCUT2D eigenvalue weighted by Gasteiger charge is 2.57. The number of anilines is 2. The molecule has 1 saturated carbocycles. The fraction of sp³-hybridized carbons (Fsp3) is 0.529. The van der Waals surface area contributed by atoms with Crippen LogP contribution in [0.2, 0.25) is 0 Å². The van der Waals surface area contributed by atoms with E-state index < -0.39 is 0 Å². The average molecular weight is 351 g/mol. The highest BCUT2D eigenvalue weighted by atomic mass is 35.5. The van der Waals surface area contributed by atoms with Gasteiger partial charge in [-0.3, -0.25) is 9.69 Å². The van der Waals surface area contributed by atoms with Crippen LogP contribution in [0.15, 0.2) is 24.3 Å². The van der Waals surface area contributed by atoms with Gasteiger partial charge in [-0.05, 0) is 62.0 Å². The predicted molar refractivity (Wildman–Crippen MR) is 95.7 cm³/mol. The number of hydrogen-bond donors (Lipinski definition) is 3. The number of carbonyl (C=O) groups excluding carboxylic acids is 2. The van der Waals surface area contributed by atoms with Gasteiger partial charge < -0.3 is 16.0 Å². The van der Waals surface area contributed by atoms with E-state index >= 15 is 0 Å². The lowest BCUT2D eigenvalue weighted by Crippen LogP contribution is -2.31. The van der Waals surface area contributed by atoms with E-state index in [0.717, 1.165) is 43.7 Å². The van der Waals surface area contributed by atoms with Crippen LogP contribution in [0.25, 0.3) is 0 Å². The number of piperidine rings is 1. The van der Waals surface area contributed by atoms with E-state index in [1.54, 1.807) is 4.90 Å². The second kappa shape index (κ2) is 6.61. The first-order valence-electron chi connectivity index (χ1n) is 8.35. The standard InChI is InChI=1S/C17H22N4O2.ClH/c22-15(14-11-17(14)5-7-18-8-6-17)20-12-1-3-13(4-2-12)21-10-9-19-16(21)23;/h1-4,14,18H,5-11H2,(H,19,23)(H,20,22);1H. The molecule has 2 saturated heterocycles. The Morgan fingerprint density at radius 2 is 1.88 bits per heavy atom. The molecule has 2 heterocycles. The highest BCUT2D eigenvalue weighted by Crippen LogP contribution is 2.58. The molecule has 0 bridgehead atoms. The summed E-state index contributed by atoms with van der Waals surface area (Å²) in [6.45, 7) is 3.41. The maximum Gasteiger partial charge on any atom is 0.321 e. The number of nitrogens with one attached hydrogen (secondary N) is 3. The molecular formula is C17H23ClN4O2. The number of amides is 3. The smallest absolute Gasteiger partial charge is 0.321 e. The van der Waals surface area contributed by atoms with Crippen LogP contribution in [0.4, 0.5) is 16.2 Å². The van der Waals surface area contributed by atoms with Gasteiger partial charge in [0.2, 0.25) is 5.91 Å². The quantitative estimate of drug-likeness (QED) is 0.780. The maximum absolute atomic E-state index is 12.4. The van der Waals surface area contributed by atoms with Crippen molar-refractivity contribution < 1.29 is 9.59 Å². The summed E-state index contributed by atoms with van der Waals surface area (Å²) in [5.41, 5.74) is 1.91. The fourth-order valence-electron chi connectivity index (χ4n) is 3.87. The Balaban J connectivity index is 0.00000169. The van der Waals surface area contributed by atoms with Gasteiger partial charge in [0.25, 0.3) is 0 Å². The molecule has 3 aliphatic rings. The first-order valence-corrected chi connectivity index (χ1v) is 8.35. The molecular weight excluding hydrogens is 328 g/mol. The lowest BCUT2D eigenvalue weighted by molar-refractivity contribution is -0.118. The van der Waals surface area contributed by atoms with E-state index in [9.17, 15) is 9.59 Å². The van der Waals surface area contributed by atoms with Crippen molar-refractivity contribution in [1.29, 1.82) is 0 Å². The van der Waals surface area contributed by atoms with Crippen LogP contribution in [0.5, 0.6) is 0 Å². The lowest BCUT2D eigenvalue weighted by atomic mass is 9.92. The molecule has 1 unspecified atom stereocenters. The molecule has 7 heteroatoms. The summed E-state index contributed by atoms with van der Waals surface area (Å²) in [6.07, 6.45) is 3.23. The summed E-state index contributed by atoms with van der Waals surface area (Å²) >= 11 is 0. The number of nitrogens with zero attached hydrogens (tertiary/aromatic N) is 1. The van der Waals surface area contributed by atoms with Gasteiger partial charge in [-0.25, -0.2) is 4.79 Å². The molecule has 1 atom stereocenters. The normalized spacial score (nSPS) is 24.2. The largest absolute Gasteiger partial charge is 0.336 e. The van der Waals surface area contributed by atoms with Crippen LogP contribution < -0.4 is 20.9 Å². The Morgan fingerprint density at radius 3 is 2.50 bits per heavy atom. The number of halogens is 1. The molecule has 3 N–H and O–H groups in total. The van der Waals surface area contributed by atoms with E-state index in [-0.39, 0.29) is 35.7 Å². The van der Waals surface area contributed by atoms with Gasteiger partial charge in [-0.1, -0.05) is 0 Å². The van der Waals surface area contributed by atoms with Gasteiger partial charge in [0.15, 0.2) is 0 Å². The van der Waals surface area contributed by atoms with Crippen molar-refractivity contribution in [3.05, 3.63) is 24.3 Å². The van der Waals surface area contributed by atoms with Crippen LogP contribution in [0, 0.1) is 11.3 Å². The van der Waals surface area contributed by atoms with Crippen molar-refractivity contribution in [1.82, 2.24) is 10.6 Å². The van der Waals surface area contributed by atoms with Gasteiger partial charge in [0.05, 0.1) is 0 Å². The number of rotatable bonds is 3. The van der Waals surface area contributed by atoms with Crippen molar-refractivity contribution >= 4 is 35.7 Å². The molecule has 0 aromatic heterocycles. The fourth-order valence-corrected chi connectivity index (χ4v) is 3.87. The molecule has 0 radical (unpaired) electrons. The summed E-state index contributed by atoms with van der Waals surface area (Å²) in [4.78, 5) is 25.8. The van der Waals surface area contributed by atoms with Crippen LogP contribution in [0.3, 0.4) is 0 Å². The van der Waals surface area contributed by atoms with Crippen LogP contribution in [0.1, 0.15) is 19.3 Å². The molecule has 3 amide bonds. The SMILES string of the molecule is Cl.O=C(Nc1ccc(N2CCNC2=O)cc1)C1CC12CCNCC2. The number of urea groups is 1. The highest BCUT2D eigenvalue weighted by molar-refractivity contribution is 5.96. The Bertz CT molecular complexity index is 628. The zero-order chi connectivity index (χ0) is 15.9. The third-order valence-corrected chi connectivity index (χ3v) is 5.41. The first kappa shape index (κ1) is 17.0. The number of hydrogen-bond acceptors (Lipinski definition) is 3. The zero-order valence-corrected chi connectivity index (χ0v) is 14.3. The van der Waals surface area contributed by atoms with Gasteiger partial charge in [-0.2, -0.15) is 0 Å². The predicted octanol–water partition coefficient (Wildman–Crippen LogP) is 1.97. The molecule has 1 aliphatic carbocycles. The lowest BCUT2D eigenvalue weighted by Gasteiger charge is -2.23. The number of carbonyl (C=O) groups is 2. The van der Waals surface area contributed by atoms with Crippen molar-refractivity contribution in [2.75, 3.05) is 36.4 Å². The minimum absolute atomic E-state index is 0. The van der Waals surface area contributed by atoms with E-state index in [4.69, 9.17) is 0 Å². The molecule has 1 aromatic carbocycles. The average Bonchev–Trinajstić information content (AvgIpc) is 3.08. The summed E-state index contributed by atoms with van der Waals surface area (Å²) in [6, 6.07) is 7.45. The molecule has 4 rings (SSSR count). The van der Waals surface area contributed by atoms with E-state index in [2.05, 4.69) is 16.0 Å². The van der Waals surface area contributed by atoms with Gasteiger partial charge in [-0.15, -0.1) is 12.4 Å². The van der Waals surface area contributed by atoms with E-state index in [0.29, 0.717) is 13.1 Å². The molecule has 130 valence electrons. The van der Waals surface area contributed by atoms with Crippen molar-refractivity contribution in [3.8, 4) is 0 Å². The van der Waals surface area contributed by atoms with E-state index in [1.807, 2.05) is 24.3 Å². The van der Waals surface area contributed by atoms with Gasteiger partial charge >= 0.3 is 6.03 Å². The van der Waals surface area contributed by atoms with Crippen molar-refractivity contribution in [3.63, 3.8) is 0 Å². The first-order chi connectivity index (χ1) is 11.2. The minimum Gasteiger partial charge on any atom is -0.336 e. The Labute approximate surface area is 147 Å². The van der Waals surface area contributed by atoms with Gasteiger partial charge in [0, 0.05) is 30.4 Å². The molecule has 1 spiro atoms.